The summed E-state index contributed by atoms with van der Waals surface area (Å²) in [6.45, 7) is 7.04. The van der Waals surface area contributed by atoms with E-state index >= 15 is 0 Å². The van der Waals surface area contributed by atoms with Crippen LogP contribution in [0.5, 0.6) is 0 Å². The minimum Gasteiger partial charge on any atom is -0.456 e. The molecule has 3 unspecified atom stereocenters. The highest BCUT2D eigenvalue weighted by atomic mass is 31.2. The Bertz CT molecular complexity index is 1720. The summed E-state index contributed by atoms with van der Waals surface area (Å²) in [5, 5.41) is 3.08. The fraction of sp³-hybridized carbons (Fsp3) is 0.850. The maximum atomic E-state index is 13.7. The number of nitrogens with zero attached hydrogens (tertiary/aromatic N) is 1. The lowest BCUT2D eigenvalue weighted by Gasteiger charge is -2.27. The van der Waals surface area contributed by atoms with E-state index < -0.39 is 20.0 Å². The van der Waals surface area contributed by atoms with Gasteiger partial charge in [0.1, 0.15) is 19.3 Å². The zero-order chi connectivity index (χ0) is 65.6. The second-order valence-corrected chi connectivity index (χ2v) is 29.3. The molecule has 9 nitrogen and oxygen atoms in total. The van der Waals surface area contributed by atoms with Crippen LogP contribution >= 0.6 is 7.82 Å². The first-order valence-electron chi connectivity index (χ1n) is 39.1. The molecule has 3 atom stereocenters. The van der Waals surface area contributed by atoms with Crippen LogP contribution in [0.2, 0.25) is 0 Å². The van der Waals surface area contributed by atoms with Gasteiger partial charge in [0, 0.05) is 12.8 Å². The summed E-state index contributed by atoms with van der Waals surface area (Å²) in [6.07, 6.45) is 91.1. The molecule has 90 heavy (non-hydrogen) atoms. The second kappa shape index (κ2) is 69.5. The maximum absolute atomic E-state index is 13.7. The van der Waals surface area contributed by atoms with E-state index in [1.54, 1.807) is 0 Å². The number of phosphoric acid groups is 1. The molecule has 1 amide bonds. The molecule has 0 bridgehead atoms. The molecule has 10 heteroatoms. The third-order valence-corrected chi connectivity index (χ3v) is 18.7. The number of carbonyl (C=O) groups excluding carboxylic acids is 2. The van der Waals surface area contributed by atoms with E-state index in [9.17, 15) is 19.0 Å². The third-order valence-electron chi connectivity index (χ3n) is 17.7. The predicted molar refractivity (Wildman–Crippen MR) is 392 cm³/mol. The molecule has 0 saturated heterocycles. The number of nitrogens with one attached hydrogen (secondary N) is 1. The Morgan fingerprint density at radius 2 is 0.678 bits per heavy atom. The van der Waals surface area contributed by atoms with Crippen molar-refractivity contribution >= 4 is 19.7 Å². The molecular formula is C80H152N2O7P+. The summed E-state index contributed by atoms with van der Waals surface area (Å²) in [7, 11) is 1.51. The number of phosphoric ester groups is 1. The van der Waals surface area contributed by atoms with Gasteiger partial charge in [-0.1, -0.05) is 358 Å². The molecule has 528 valence electrons. The SMILES string of the molecule is CCCCC/C=C\C/C=C\C/C=C\C/C=C\CCCCCCCCCCCCCC(=O)NC(COP(=O)(O)OCC[N+](C)(C)C)C(/C=C/CCCCCCCCCCCC)OC(=O)CCCCCCCCCCCCCCCCCCCCCCCCCCC. The minimum atomic E-state index is -4.46. The standard InChI is InChI=1S/C80H151N2O7P/c1-7-10-13-16-19-22-25-28-30-32-34-36-38-40-41-43-44-46-48-50-52-54-57-60-63-66-69-72-79(83)81-77(76-88-90(85,86)87-75-74-82(4,5)6)78(71-68-65-62-59-56-27-24-21-18-15-12-9-3)89-80(84)73-70-67-64-61-58-55-53-51-49-47-45-42-39-37-35-33-31-29-26-23-20-17-14-11-8-2/h19,22,28,30,34,36,40-41,68,71,77-78H,7-18,20-21,23-27,29,31-33,35,37-39,42-67,69-70,72-76H2,1-6H3,(H-,81,83,85,86)/p+1/b22-19-,30-28-,36-34-,41-40-,71-68+. The molecule has 0 spiro atoms. The highest BCUT2D eigenvalue weighted by Gasteiger charge is 2.30. The van der Waals surface area contributed by atoms with Crippen molar-refractivity contribution in [3.63, 3.8) is 0 Å². The molecule has 0 saturated carbocycles. The monoisotopic (exact) mass is 1280 g/mol. The van der Waals surface area contributed by atoms with E-state index in [4.69, 9.17) is 13.8 Å². The Labute approximate surface area is 560 Å². The first-order chi connectivity index (χ1) is 43.9. The lowest BCUT2D eigenvalue weighted by Crippen LogP contribution is -2.47. The van der Waals surface area contributed by atoms with Crippen molar-refractivity contribution in [1.29, 1.82) is 0 Å². The number of likely N-dealkylation sites (N-methyl/N-ethyl adjacent to an activating group) is 1. The van der Waals surface area contributed by atoms with Gasteiger partial charge in [-0.25, -0.2) is 4.57 Å². The first kappa shape index (κ1) is 87.7. The normalized spacial score (nSPS) is 13.7. The topological polar surface area (TPSA) is 111 Å². The van der Waals surface area contributed by atoms with Gasteiger partial charge >= 0.3 is 13.8 Å². The number of unbranched alkanes of at least 4 members (excludes halogenated alkanes) is 48. The number of quaternary nitrogens is 1. The van der Waals surface area contributed by atoms with Gasteiger partial charge in [0.2, 0.25) is 5.91 Å². The van der Waals surface area contributed by atoms with Gasteiger partial charge in [0.15, 0.2) is 0 Å². The van der Waals surface area contributed by atoms with Gasteiger partial charge in [0.05, 0.1) is 33.8 Å². The van der Waals surface area contributed by atoms with Gasteiger partial charge in [-0.05, 0) is 76.7 Å². The summed E-state index contributed by atoms with van der Waals surface area (Å²) in [6, 6.07) is -0.851. The number of hydrogen-bond donors (Lipinski definition) is 2. The number of hydrogen-bond acceptors (Lipinski definition) is 6. The van der Waals surface area contributed by atoms with Crippen LogP contribution in [0.3, 0.4) is 0 Å². The first-order valence-corrected chi connectivity index (χ1v) is 40.6. The van der Waals surface area contributed by atoms with E-state index in [2.05, 4.69) is 80.8 Å². The molecule has 0 heterocycles. The zero-order valence-electron chi connectivity index (χ0n) is 60.6. The Kier molecular flexibility index (Phi) is 67.8. The summed E-state index contributed by atoms with van der Waals surface area (Å²) < 4.78 is 30.9. The Morgan fingerprint density at radius 3 is 1.03 bits per heavy atom. The van der Waals surface area contributed by atoms with Crippen LogP contribution in [0, 0.1) is 0 Å². The Morgan fingerprint density at radius 1 is 0.389 bits per heavy atom. The van der Waals surface area contributed by atoms with Crippen LogP contribution in [0.25, 0.3) is 0 Å². The molecular weight excluding hydrogens is 1130 g/mol. The largest absolute Gasteiger partial charge is 0.472 e. The minimum absolute atomic E-state index is 0.0406. The van der Waals surface area contributed by atoms with E-state index in [0.717, 1.165) is 77.0 Å². The molecule has 0 rings (SSSR count). The van der Waals surface area contributed by atoms with Gasteiger partial charge < -0.3 is 19.4 Å². The van der Waals surface area contributed by atoms with E-state index in [1.807, 2.05) is 27.2 Å². The lowest BCUT2D eigenvalue weighted by molar-refractivity contribution is -0.870. The van der Waals surface area contributed by atoms with Crippen molar-refractivity contribution in [3.05, 3.63) is 60.8 Å². The number of amides is 1. The third kappa shape index (κ3) is 70.0. The maximum Gasteiger partial charge on any atom is 0.472 e. The van der Waals surface area contributed by atoms with Crippen LogP contribution < -0.4 is 5.32 Å². The molecule has 0 aliphatic rings. The van der Waals surface area contributed by atoms with Crippen LogP contribution in [-0.4, -0.2) is 74.3 Å². The molecule has 2 N–H and O–H groups in total. The van der Waals surface area contributed by atoms with E-state index in [0.29, 0.717) is 23.9 Å². The summed E-state index contributed by atoms with van der Waals surface area (Å²) in [5.74, 6) is -0.490. The lowest BCUT2D eigenvalue weighted by atomic mass is 10.0. The van der Waals surface area contributed by atoms with Crippen molar-refractivity contribution in [2.24, 2.45) is 0 Å². The summed E-state index contributed by atoms with van der Waals surface area (Å²) in [4.78, 5) is 38.0. The van der Waals surface area contributed by atoms with Crippen molar-refractivity contribution in [1.82, 2.24) is 5.32 Å². The number of esters is 1. The van der Waals surface area contributed by atoms with Crippen LogP contribution in [0.4, 0.5) is 0 Å². The molecule has 0 aromatic heterocycles. The predicted octanol–water partition coefficient (Wildman–Crippen LogP) is 25.3. The van der Waals surface area contributed by atoms with Crippen molar-refractivity contribution in [2.75, 3.05) is 40.9 Å². The summed E-state index contributed by atoms with van der Waals surface area (Å²) >= 11 is 0. The smallest absolute Gasteiger partial charge is 0.456 e. The van der Waals surface area contributed by atoms with E-state index in [-0.39, 0.29) is 25.1 Å². The fourth-order valence-corrected chi connectivity index (χ4v) is 12.4. The fourth-order valence-electron chi connectivity index (χ4n) is 11.7. The molecule has 0 fully saturated rings. The van der Waals surface area contributed by atoms with Crippen LogP contribution in [0.15, 0.2) is 60.8 Å². The van der Waals surface area contributed by atoms with Crippen LogP contribution in [-0.2, 0) is 27.9 Å². The van der Waals surface area contributed by atoms with Crippen molar-refractivity contribution < 1.29 is 37.3 Å². The van der Waals surface area contributed by atoms with Gasteiger partial charge in [-0.2, -0.15) is 0 Å². The zero-order valence-corrected chi connectivity index (χ0v) is 61.5. The number of rotatable bonds is 72. The number of carbonyl (C=O) groups is 2. The molecule has 0 aliphatic heterocycles. The number of allylic oxidation sites excluding steroid dienone is 9. The van der Waals surface area contributed by atoms with Gasteiger partial charge in [-0.3, -0.25) is 18.6 Å². The van der Waals surface area contributed by atoms with Gasteiger partial charge in [0.25, 0.3) is 0 Å². The highest BCUT2D eigenvalue weighted by Crippen LogP contribution is 2.43. The van der Waals surface area contributed by atoms with Gasteiger partial charge in [-0.15, -0.1) is 0 Å². The van der Waals surface area contributed by atoms with Crippen LogP contribution in [0.1, 0.15) is 387 Å². The summed E-state index contributed by atoms with van der Waals surface area (Å²) in [5.41, 5.74) is 0. The highest BCUT2D eigenvalue weighted by molar-refractivity contribution is 7.47. The molecule has 0 aromatic carbocycles. The number of ether oxygens (including phenoxy) is 1. The molecule has 0 aromatic rings. The molecule has 0 radical (unpaired) electrons. The Balaban J connectivity index is 4.94. The average Bonchev–Trinajstić information content (AvgIpc) is 3.04. The van der Waals surface area contributed by atoms with E-state index in [1.165, 1.54) is 276 Å². The molecule has 0 aliphatic carbocycles. The second-order valence-electron chi connectivity index (χ2n) is 27.9. The van der Waals surface area contributed by atoms with Crippen molar-refractivity contribution in [2.45, 2.75) is 399 Å². The average molecular weight is 1290 g/mol. The quantitative estimate of drug-likeness (QED) is 0.0205. The van der Waals surface area contributed by atoms with Crippen molar-refractivity contribution in [3.8, 4) is 0 Å². The Hall–Kier alpha value is -2.29.